The molecule has 3 aromatic rings. The number of nitrogens with two attached hydrogens (primary N) is 1. The number of hydrogen-bond donors (Lipinski definition) is 2. The van der Waals surface area contributed by atoms with Crippen molar-refractivity contribution >= 4 is 40.9 Å². The zero-order valence-corrected chi connectivity index (χ0v) is 18.1. The van der Waals surface area contributed by atoms with Gasteiger partial charge in [-0.05, 0) is 48.5 Å². The van der Waals surface area contributed by atoms with Crippen LogP contribution in [0.25, 0.3) is 0 Å². The minimum absolute atomic E-state index is 0.0936. The number of carbonyl (C=O) groups excluding carboxylic acids is 3. The molecule has 0 saturated heterocycles. The van der Waals surface area contributed by atoms with E-state index in [-0.39, 0.29) is 17.4 Å². The van der Waals surface area contributed by atoms with E-state index in [4.69, 9.17) is 10.5 Å². The van der Waals surface area contributed by atoms with Gasteiger partial charge in [0.05, 0.1) is 17.9 Å². The van der Waals surface area contributed by atoms with Crippen LogP contribution in [0.4, 0.5) is 11.4 Å². The summed E-state index contributed by atoms with van der Waals surface area (Å²) >= 11 is 1.47. The molecule has 1 heterocycles. The van der Waals surface area contributed by atoms with Gasteiger partial charge in [0.25, 0.3) is 11.8 Å². The molecule has 1 aliphatic rings. The summed E-state index contributed by atoms with van der Waals surface area (Å²) < 4.78 is 5.20. The number of anilines is 2. The van der Waals surface area contributed by atoms with E-state index < -0.39 is 5.91 Å². The molecular weight excluding hydrogens is 426 g/mol. The van der Waals surface area contributed by atoms with Crippen LogP contribution < -0.4 is 16.0 Å². The van der Waals surface area contributed by atoms with Gasteiger partial charge in [0.1, 0.15) is 0 Å². The van der Waals surface area contributed by atoms with Gasteiger partial charge >= 0.3 is 0 Å². The predicted molar refractivity (Wildman–Crippen MR) is 123 cm³/mol. The molecule has 7 nitrogen and oxygen atoms in total. The van der Waals surface area contributed by atoms with Gasteiger partial charge in [-0.15, -0.1) is 0 Å². The van der Waals surface area contributed by atoms with Crippen LogP contribution in [0.3, 0.4) is 0 Å². The van der Waals surface area contributed by atoms with Gasteiger partial charge in [-0.1, -0.05) is 30.0 Å². The van der Waals surface area contributed by atoms with Crippen LogP contribution in [-0.2, 0) is 4.74 Å². The summed E-state index contributed by atoms with van der Waals surface area (Å²) in [7, 11) is 1.60. The highest BCUT2D eigenvalue weighted by Crippen LogP contribution is 2.42. The number of amides is 3. The normalized spacial score (nSPS) is 12.5. The van der Waals surface area contributed by atoms with Gasteiger partial charge in [-0.2, -0.15) is 0 Å². The Kier molecular flexibility index (Phi) is 6.25. The first-order chi connectivity index (χ1) is 15.5. The standard InChI is InChI=1S/C24H21N3O4S/c1-31-12-11-27-19-10-9-17(26-23(29)16-6-4-5-15(13-16)22(25)28)14-21(19)32-20-8-3-2-7-18(20)24(27)30/h2-10,13-14H,11-12H2,1H3,(H2,25,28)(H,26,29). The number of ether oxygens (including phenoxy) is 1. The monoisotopic (exact) mass is 447 g/mol. The lowest BCUT2D eigenvalue weighted by molar-refractivity contribution is 0.0970. The van der Waals surface area contributed by atoms with E-state index in [1.807, 2.05) is 36.4 Å². The lowest BCUT2D eigenvalue weighted by Gasteiger charge is -2.23. The summed E-state index contributed by atoms with van der Waals surface area (Å²) in [5.74, 6) is -1.05. The molecule has 0 bridgehead atoms. The molecule has 8 heteroatoms. The van der Waals surface area contributed by atoms with E-state index >= 15 is 0 Å². The quantitative estimate of drug-likeness (QED) is 0.599. The molecule has 0 atom stereocenters. The molecule has 0 radical (unpaired) electrons. The molecule has 0 saturated carbocycles. The minimum atomic E-state index is -0.597. The van der Waals surface area contributed by atoms with E-state index in [9.17, 15) is 14.4 Å². The summed E-state index contributed by atoms with van der Waals surface area (Å²) in [4.78, 5) is 40.7. The molecule has 3 amide bonds. The van der Waals surface area contributed by atoms with Gasteiger partial charge in [-0.3, -0.25) is 14.4 Å². The maximum absolute atomic E-state index is 13.2. The Bertz CT molecular complexity index is 1210. The Morgan fingerprint density at radius 3 is 2.56 bits per heavy atom. The first kappa shape index (κ1) is 21.6. The van der Waals surface area contributed by atoms with Crippen LogP contribution in [0, 0.1) is 0 Å². The van der Waals surface area contributed by atoms with Crippen molar-refractivity contribution in [2.75, 3.05) is 30.5 Å². The topological polar surface area (TPSA) is 102 Å². The van der Waals surface area contributed by atoms with Gasteiger partial charge in [0.2, 0.25) is 5.91 Å². The minimum Gasteiger partial charge on any atom is -0.383 e. The molecule has 0 aromatic heterocycles. The summed E-state index contributed by atoms with van der Waals surface area (Å²) in [6, 6.07) is 19.1. The second kappa shape index (κ2) is 9.25. The first-order valence-electron chi connectivity index (χ1n) is 9.91. The third kappa shape index (κ3) is 4.37. The molecule has 0 aliphatic carbocycles. The zero-order chi connectivity index (χ0) is 22.7. The maximum atomic E-state index is 13.2. The molecule has 162 valence electrons. The summed E-state index contributed by atoms with van der Waals surface area (Å²) in [6.45, 7) is 0.801. The van der Waals surface area contributed by atoms with Gasteiger partial charge < -0.3 is 20.7 Å². The summed E-state index contributed by atoms with van der Waals surface area (Å²) in [5, 5.41) is 2.86. The summed E-state index contributed by atoms with van der Waals surface area (Å²) in [6.07, 6.45) is 0. The van der Waals surface area contributed by atoms with Crippen LogP contribution in [0.2, 0.25) is 0 Å². The average Bonchev–Trinajstić information content (AvgIpc) is 2.91. The Balaban J connectivity index is 1.67. The third-order valence-electron chi connectivity index (χ3n) is 5.02. The number of methoxy groups -OCH3 is 1. The largest absolute Gasteiger partial charge is 0.383 e. The fourth-order valence-electron chi connectivity index (χ4n) is 3.42. The van der Waals surface area contributed by atoms with E-state index in [1.165, 1.54) is 17.8 Å². The highest BCUT2D eigenvalue weighted by molar-refractivity contribution is 7.99. The summed E-state index contributed by atoms with van der Waals surface area (Å²) in [5.41, 5.74) is 7.85. The number of nitrogens with zero attached hydrogens (tertiary/aromatic N) is 1. The molecular formula is C24H21N3O4S. The second-order valence-electron chi connectivity index (χ2n) is 7.13. The SMILES string of the molecule is COCCN1C(=O)c2ccccc2Sc2cc(NC(=O)c3cccc(C(N)=O)c3)ccc21. The Hall–Kier alpha value is -3.62. The van der Waals surface area contributed by atoms with Crippen LogP contribution in [0.1, 0.15) is 31.1 Å². The average molecular weight is 448 g/mol. The smallest absolute Gasteiger partial charge is 0.259 e. The van der Waals surface area contributed by atoms with Crippen molar-refractivity contribution in [1.82, 2.24) is 0 Å². The zero-order valence-electron chi connectivity index (χ0n) is 17.3. The Labute approximate surface area is 189 Å². The first-order valence-corrected chi connectivity index (χ1v) is 10.7. The molecule has 0 spiro atoms. The maximum Gasteiger partial charge on any atom is 0.259 e. The number of carbonyl (C=O) groups is 3. The highest BCUT2D eigenvalue weighted by atomic mass is 32.2. The lowest BCUT2D eigenvalue weighted by Crippen LogP contribution is -2.33. The number of rotatable bonds is 6. The Morgan fingerprint density at radius 2 is 1.78 bits per heavy atom. The van der Waals surface area contributed by atoms with Crippen molar-refractivity contribution in [3.8, 4) is 0 Å². The van der Waals surface area contributed by atoms with Crippen molar-refractivity contribution in [3.05, 3.63) is 83.4 Å². The van der Waals surface area contributed by atoms with Crippen LogP contribution >= 0.6 is 11.8 Å². The third-order valence-corrected chi connectivity index (χ3v) is 6.14. The lowest BCUT2D eigenvalue weighted by atomic mass is 10.1. The van der Waals surface area contributed by atoms with Crippen LogP contribution in [0.15, 0.2) is 76.5 Å². The number of nitrogens with one attached hydrogen (secondary N) is 1. The van der Waals surface area contributed by atoms with Crippen LogP contribution in [-0.4, -0.2) is 38.0 Å². The van der Waals surface area contributed by atoms with E-state index in [0.29, 0.717) is 30.0 Å². The van der Waals surface area contributed by atoms with Gasteiger partial charge in [0, 0.05) is 40.3 Å². The highest BCUT2D eigenvalue weighted by Gasteiger charge is 2.27. The molecule has 0 unspecified atom stereocenters. The second-order valence-corrected chi connectivity index (χ2v) is 8.21. The van der Waals surface area contributed by atoms with E-state index in [1.54, 1.807) is 36.3 Å². The number of fused-ring (bicyclic) bond motifs is 2. The van der Waals surface area contributed by atoms with Crippen molar-refractivity contribution in [1.29, 1.82) is 0 Å². The molecule has 3 aromatic carbocycles. The number of benzene rings is 3. The van der Waals surface area contributed by atoms with E-state index in [0.717, 1.165) is 15.5 Å². The fourth-order valence-corrected chi connectivity index (χ4v) is 4.54. The Morgan fingerprint density at radius 1 is 1.00 bits per heavy atom. The van der Waals surface area contributed by atoms with Crippen molar-refractivity contribution in [2.45, 2.75) is 9.79 Å². The number of hydrogen-bond acceptors (Lipinski definition) is 5. The van der Waals surface area contributed by atoms with Crippen molar-refractivity contribution < 1.29 is 19.1 Å². The molecule has 0 fully saturated rings. The molecule has 4 rings (SSSR count). The van der Waals surface area contributed by atoms with E-state index in [2.05, 4.69) is 5.32 Å². The molecule has 3 N–H and O–H groups in total. The predicted octanol–water partition coefficient (Wildman–Crippen LogP) is 3.80. The van der Waals surface area contributed by atoms with Crippen molar-refractivity contribution in [3.63, 3.8) is 0 Å². The molecule has 32 heavy (non-hydrogen) atoms. The van der Waals surface area contributed by atoms with Gasteiger partial charge in [-0.25, -0.2) is 0 Å². The molecule has 1 aliphatic heterocycles. The number of primary amides is 1. The fraction of sp³-hybridized carbons (Fsp3) is 0.125. The van der Waals surface area contributed by atoms with Crippen LogP contribution in [0.5, 0.6) is 0 Å². The van der Waals surface area contributed by atoms with Crippen molar-refractivity contribution in [2.24, 2.45) is 5.73 Å². The van der Waals surface area contributed by atoms with Gasteiger partial charge in [0.15, 0.2) is 0 Å².